The Morgan fingerprint density at radius 1 is 1.69 bits per heavy atom. The predicted octanol–water partition coefficient (Wildman–Crippen LogP) is 0.485. The van der Waals surface area contributed by atoms with Crippen molar-refractivity contribution < 1.29 is 14.1 Å². The molecular weight excluding hydrogens is 192 g/mol. The number of carbonyl (C=O) groups is 1. The van der Waals surface area contributed by atoms with Crippen molar-refractivity contribution in [3.8, 4) is 0 Å². The van der Waals surface area contributed by atoms with Crippen molar-refractivity contribution in [3.63, 3.8) is 0 Å². The fraction of sp³-hybridized carbons (Fsp3) is 0.143. The number of anilines is 1. The molecule has 0 fully saturated rings. The highest BCUT2D eigenvalue weighted by Crippen LogP contribution is 2.13. The minimum absolute atomic E-state index is 0.0604. The maximum atomic E-state index is 10.8. The van der Waals surface area contributed by atoms with E-state index in [1.807, 2.05) is 0 Å². The van der Waals surface area contributed by atoms with Crippen molar-refractivity contribution in [2.24, 2.45) is 0 Å². The van der Waals surface area contributed by atoms with Crippen LogP contribution in [-0.4, -0.2) is 26.5 Å². The van der Waals surface area contributed by atoms with Gasteiger partial charge in [0.15, 0.2) is 0 Å². The molecule has 0 radical (unpaired) electrons. The summed E-state index contributed by atoms with van der Waals surface area (Å²) in [5.41, 5.74) is 0.320. The summed E-state index contributed by atoms with van der Waals surface area (Å²) in [4.78, 5) is 14.4. The number of pyridine rings is 1. The smallest absolute Gasteiger partial charge is 0.337 e. The fourth-order valence-corrected chi connectivity index (χ4v) is 1.29. The standard InChI is InChI=1S/C7H8N2O3S/c1-13(12)9-6-4-8-3-2-5(6)7(10)11/h2-4,9H,1H3,(H,10,11). The fourth-order valence-electron chi connectivity index (χ4n) is 0.817. The first-order valence-corrected chi connectivity index (χ1v) is 4.94. The zero-order valence-electron chi connectivity index (χ0n) is 6.85. The molecule has 0 bridgehead atoms. The summed E-state index contributed by atoms with van der Waals surface area (Å²) in [7, 11) is -1.30. The average Bonchev–Trinajstić information content (AvgIpc) is 2.03. The van der Waals surface area contributed by atoms with E-state index in [0.717, 1.165) is 0 Å². The molecule has 0 amide bonds. The maximum absolute atomic E-state index is 10.8. The van der Waals surface area contributed by atoms with Crippen molar-refractivity contribution in [2.75, 3.05) is 11.0 Å². The third-order valence-corrected chi connectivity index (χ3v) is 1.81. The molecule has 1 unspecified atom stereocenters. The van der Waals surface area contributed by atoms with Gasteiger partial charge in [0.05, 0.1) is 17.4 Å². The highest BCUT2D eigenvalue weighted by Gasteiger charge is 2.09. The second kappa shape index (κ2) is 3.99. The van der Waals surface area contributed by atoms with Crippen LogP contribution in [0.5, 0.6) is 0 Å². The normalized spacial score (nSPS) is 12.1. The van der Waals surface area contributed by atoms with Crippen LogP contribution in [0.4, 0.5) is 5.69 Å². The van der Waals surface area contributed by atoms with E-state index >= 15 is 0 Å². The Hall–Kier alpha value is -1.43. The van der Waals surface area contributed by atoms with Gasteiger partial charge in [-0.1, -0.05) is 0 Å². The van der Waals surface area contributed by atoms with Crippen LogP contribution >= 0.6 is 0 Å². The van der Waals surface area contributed by atoms with E-state index < -0.39 is 17.0 Å². The van der Waals surface area contributed by atoms with E-state index in [1.165, 1.54) is 24.7 Å². The number of nitrogens with one attached hydrogen (secondary N) is 1. The van der Waals surface area contributed by atoms with Gasteiger partial charge in [-0.15, -0.1) is 0 Å². The Morgan fingerprint density at radius 3 is 2.92 bits per heavy atom. The first-order valence-electron chi connectivity index (χ1n) is 3.38. The van der Waals surface area contributed by atoms with Gasteiger partial charge in [0.25, 0.3) is 0 Å². The quantitative estimate of drug-likeness (QED) is 0.744. The number of aromatic nitrogens is 1. The molecule has 0 saturated heterocycles. The molecule has 0 saturated carbocycles. The molecule has 2 N–H and O–H groups in total. The first kappa shape index (κ1) is 9.66. The van der Waals surface area contributed by atoms with Crippen molar-refractivity contribution in [1.29, 1.82) is 0 Å². The predicted molar refractivity (Wildman–Crippen MR) is 48.9 cm³/mol. The van der Waals surface area contributed by atoms with Crippen molar-refractivity contribution >= 4 is 22.6 Å². The summed E-state index contributed by atoms with van der Waals surface area (Å²) < 4.78 is 13.3. The summed E-state index contributed by atoms with van der Waals surface area (Å²) in [5, 5.41) is 8.71. The van der Waals surface area contributed by atoms with E-state index in [1.54, 1.807) is 0 Å². The highest BCUT2D eigenvalue weighted by atomic mass is 32.2. The van der Waals surface area contributed by atoms with Gasteiger partial charge in [-0.3, -0.25) is 4.98 Å². The Balaban J connectivity index is 3.04. The molecule has 13 heavy (non-hydrogen) atoms. The van der Waals surface area contributed by atoms with Crippen molar-refractivity contribution in [3.05, 3.63) is 24.0 Å². The molecule has 0 aliphatic carbocycles. The Bertz CT molecular complexity index is 353. The average molecular weight is 200 g/mol. The van der Waals surface area contributed by atoms with Gasteiger partial charge in [0.2, 0.25) is 0 Å². The van der Waals surface area contributed by atoms with Gasteiger partial charge in [-0.2, -0.15) is 0 Å². The third-order valence-electron chi connectivity index (χ3n) is 1.31. The molecule has 5 nitrogen and oxygen atoms in total. The number of rotatable bonds is 3. The maximum Gasteiger partial charge on any atom is 0.337 e. The number of hydrogen-bond donors (Lipinski definition) is 2. The minimum atomic E-state index is -1.30. The lowest BCUT2D eigenvalue weighted by atomic mass is 10.2. The van der Waals surface area contributed by atoms with E-state index in [2.05, 4.69) is 9.71 Å². The lowest BCUT2D eigenvalue weighted by Gasteiger charge is -2.04. The van der Waals surface area contributed by atoms with Gasteiger partial charge in [0.1, 0.15) is 11.0 Å². The summed E-state index contributed by atoms with van der Waals surface area (Å²) in [6.45, 7) is 0. The first-order chi connectivity index (χ1) is 6.11. The number of carboxylic acid groups (broad SMARTS) is 1. The molecular formula is C7H8N2O3S. The molecule has 1 aromatic heterocycles. The monoisotopic (exact) mass is 200 g/mol. The van der Waals surface area contributed by atoms with E-state index in [9.17, 15) is 9.00 Å². The molecule has 1 rings (SSSR count). The summed E-state index contributed by atoms with van der Waals surface area (Å²) in [6.07, 6.45) is 4.11. The third kappa shape index (κ3) is 2.51. The van der Waals surface area contributed by atoms with Crippen LogP contribution in [0.2, 0.25) is 0 Å². The van der Waals surface area contributed by atoms with E-state index in [0.29, 0.717) is 0 Å². The molecule has 1 heterocycles. The Labute approximate surface area is 77.4 Å². The van der Waals surface area contributed by atoms with Gasteiger partial charge in [-0.05, 0) is 6.07 Å². The summed E-state index contributed by atoms with van der Waals surface area (Å²) in [6, 6.07) is 1.34. The molecule has 6 heteroatoms. The lowest BCUT2D eigenvalue weighted by Crippen LogP contribution is -2.07. The summed E-state index contributed by atoms with van der Waals surface area (Å²) in [5.74, 6) is -1.07. The Kier molecular flexibility index (Phi) is 2.97. The highest BCUT2D eigenvalue weighted by molar-refractivity contribution is 7.85. The van der Waals surface area contributed by atoms with Gasteiger partial charge in [0, 0.05) is 12.5 Å². The van der Waals surface area contributed by atoms with Crippen LogP contribution in [0, 0.1) is 0 Å². The molecule has 1 aromatic rings. The van der Waals surface area contributed by atoms with Crippen LogP contribution < -0.4 is 4.72 Å². The second-order valence-electron chi connectivity index (χ2n) is 2.28. The zero-order chi connectivity index (χ0) is 9.84. The number of carboxylic acids is 1. The lowest BCUT2D eigenvalue weighted by molar-refractivity contribution is 0.0698. The molecule has 0 aliphatic rings. The molecule has 0 aromatic carbocycles. The minimum Gasteiger partial charge on any atom is -0.478 e. The molecule has 70 valence electrons. The van der Waals surface area contributed by atoms with Crippen molar-refractivity contribution in [1.82, 2.24) is 4.98 Å². The largest absolute Gasteiger partial charge is 0.478 e. The Morgan fingerprint density at radius 2 is 2.38 bits per heavy atom. The number of hydrogen-bond acceptors (Lipinski definition) is 3. The second-order valence-corrected chi connectivity index (χ2v) is 3.39. The van der Waals surface area contributed by atoms with Crippen LogP contribution in [0.25, 0.3) is 0 Å². The molecule has 1 atom stereocenters. The van der Waals surface area contributed by atoms with Crippen LogP contribution in [0.1, 0.15) is 10.4 Å². The van der Waals surface area contributed by atoms with Crippen LogP contribution in [0.15, 0.2) is 18.5 Å². The zero-order valence-corrected chi connectivity index (χ0v) is 7.67. The summed E-state index contributed by atoms with van der Waals surface area (Å²) >= 11 is 0. The van der Waals surface area contributed by atoms with Crippen LogP contribution in [-0.2, 0) is 11.0 Å². The SMILES string of the molecule is CS(=O)Nc1cnccc1C(=O)O. The molecule has 0 spiro atoms. The van der Waals surface area contributed by atoms with E-state index in [4.69, 9.17) is 5.11 Å². The molecule has 0 aliphatic heterocycles. The van der Waals surface area contributed by atoms with E-state index in [-0.39, 0.29) is 11.3 Å². The van der Waals surface area contributed by atoms with Gasteiger partial charge in [-0.25, -0.2) is 9.00 Å². The number of aromatic carboxylic acids is 1. The van der Waals surface area contributed by atoms with Gasteiger partial charge >= 0.3 is 5.97 Å². The van der Waals surface area contributed by atoms with Gasteiger partial charge < -0.3 is 9.83 Å². The van der Waals surface area contributed by atoms with Crippen LogP contribution in [0.3, 0.4) is 0 Å². The van der Waals surface area contributed by atoms with Crippen molar-refractivity contribution in [2.45, 2.75) is 0 Å². The number of nitrogens with zero attached hydrogens (tertiary/aromatic N) is 1. The topological polar surface area (TPSA) is 79.3 Å².